The largest absolute Gasteiger partial charge is 0.491 e. The van der Waals surface area contributed by atoms with Crippen molar-refractivity contribution in [1.29, 1.82) is 0 Å². The molecule has 2 fully saturated rings. The van der Waals surface area contributed by atoms with Gasteiger partial charge in [-0.15, -0.1) is 0 Å². The predicted molar refractivity (Wildman–Crippen MR) is 98.2 cm³/mol. The maximum Gasteiger partial charge on any atom is 0.322 e. The molecule has 0 radical (unpaired) electrons. The molecule has 138 valence electrons. The summed E-state index contributed by atoms with van der Waals surface area (Å²) in [5.74, 6) is 0.781. The Morgan fingerprint density at radius 1 is 1.12 bits per heavy atom. The third-order valence-corrected chi connectivity index (χ3v) is 4.97. The van der Waals surface area contributed by atoms with Crippen LogP contribution in [0.15, 0.2) is 24.3 Å². The Hall–Kier alpha value is -1.79. The summed E-state index contributed by atoms with van der Waals surface area (Å²) in [7, 11) is 1.65. The van der Waals surface area contributed by atoms with Gasteiger partial charge in [-0.2, -0.15) is 0 Å². The van der Waals surface area contributed by atoms with Crippen LogP contribution in [0.3, 0.4) is 0 Å². The van der Waals surface area contributed by atoms with E-state index in [1.54, 1.807) is 7.11 Å². The maximum atomic E-state index is 12.6. The van der Waals surface area contributed by atoms with Gasteiger partial charge in [0.15, 0.2) is 0 Å². The van der Waals surface area contributed by atoms with Gasteiger partial charge in [0, 0.05) is 31.9 Å². The molecule has 0 aliphatic carbocycles. The number of nitrogens with one attached hydrogen (secondary N) is 1. The number of likely N-dealkylation sites (tertiary alicyclic amines) is 2. The lowest BCUT2D eigenvalue weighted by Gasteiger charge is -2.28. The molecule has 0 saturated carbocycles. The zero-order valence-corrected chi connectivity index (χ0v) is 15.1. The molecule has 0 aromatic heterocycles. The second-order valence-corrected chi connectivity index (χ2v) is 6.79. The Bertz CT molecular complexity index is 543. The van der Waals surface area contributed by atoms with Crippen molar-refractivity contribution in [2.24, 2.45) is 0 Å². The van der Waals surface area contributed by atoms with Crippen LogP contribution in [0.1, 0.15) is 25.7 Å². The first kappa shape index (κ1) is 18.0. The van der Waals surface area contributed by atoms with Crippen LogP contribution in [0.4, 0.5) is 10.5 Å². The summed E-state index contributed by atoms with van der Waals surface area (Å²) in [4.78, 5) is 17.1. The quantitative estimate of drug-likeness (QED) is 0.771. The van der Waals surface area contributed by atoms with Gasteiger partial charge in [0.1, 0.15) is 12.4 Å². The zero-order valence-electron chi connectivity index (χ0n) is 15.1. The van der Waals surface area contributed by atoms with E-state index in [9.17, 15) is 4.79 Å². The van der Waals surface area contributed by atoms with Gasteiger partial charge in [-0.05, 0) is 63.0 Å². The molecule has 1 aromatic carbocycles. The van der Waals surface area contributed by atoms with Crippen molar-refractivity contribution in [1.82, 2.24) is 9.80 Å². The first-order valence-electron chi connectivity index (χ1n) is 9.28. The molecule has 2 aliphatic heterocycles. The van der Waals surface area contributed by atoms with E-state index in [0.717, 1.165) is 37.4 Å². The Morgan fingerprint density at radius 3 is 2.60 bits per heavy atom. The zero-order chi connectivity index (χ0) is 17.5. The molecular formula is C19H29N3O3. The van der Waals surface area contributed by atoms with E-state index >= 15 is 0 Å². The molecule has 1 N–H and O–H groups in total. The van der Waals surface area contributed by atoms with Gasteiger partial charge in [-0.1, -0.05) is 0 Å². The van der Waals surface area contributed by atoms with Crippen LogP contribution >= 0.6 is 0 Å². The number of benzene rings is 1. The molecule has 6 nitrogen and oxygen atoms in total. The Balaban J connectivity index is 1.50. The number of amides is 2. The number of urea groups is 1. The Labute approximate surface area is 150 Å². The molecule has 0 bridgehead atoms. The topological polar surface area (TPSA) is 54.0 Å². The number of ether oxygens (including phenoxy) is 2. The van der Waals surface area contributed by atoms with E-state index in [4.69, 9.17) is 9.47 Å². The van der Waals surface area contributed by atoms with Crippen LogP contribution in [0.25, 0.3) is 0 Å². The van der Waals surface area contributed by atoms with Gasteiger partial charge in [-0.3, -0.25) is 0 Å². The van der Waals surface area contributed by atoms with E-state index in [0.29, 0.717) is 19.3 Å². The van der Waals surface area contributed by atoms with Crippen molar-refractivity contribution in [2.45, 2.75) is 31.7 Å². The smallest absolute Gasteiger partial charge is 0.322 e. The summed E-state index contributed by atoms with van der Waals surface area (Å²) in [5, 5.41) is 3.02. The minimum Gasteiger partial charge on any atom is -0.491 e. The van der Waals surface area contributed by atoms with Gasteiger partial charge < -0.3 is 24.6 Å². The fourth-order valence-electron chi connectivity index (χ4n) is 3.63. The molecule has 2 heterocycles. The van der Waals surface area contributed by atoms with E-state index in [1.165, 1.54) is 25.9 Å². The Kier molecular flexibility index (Phi) is 6.53. The van der Waals surface area contributed by atoms with Crippen LogP contribution in [-0.4, -0.2) is 68.4 Å². The summed E-state index contributed by atoms with van der Waals surface area (Å²) >= 11 is 0. The van der Waals surface area contributed by atoms with Gasteiger partial charge in [0.25, 0.3) is 0 Å². The monoisotopic (exact) mass is 347 g/mol. The summed E-state index contributed by atoms with van der Waals surface area (Å²) in [6, 6.07) is 7.86. The van der Waals surface area contributed by atoms with Crippen molar-refractivity contribution in [2.75, 3.05) is 51.8 Å². The van der Waals surface area contributed by atoms with Gasteiger partial charge in [0.2, 0.25) is 0 Å². The molecule has 3 rings (SSSR count). The molecule has 2 amide bonds. The number of rotatable bonds is 7. The van der Waals surface area contributed by atoms with Gasteiger partial charge in [-0.25, -0.2) is 4.79 Å². The highest BCUT2D eigenvalue weighted by Crippen LogP contribution is 2.22. The lowest BCUT2D eigenvalue weighted by atomic mass is 10.2. The van der Waals surface area contributed by atoms with E-state index in [1.807, 2.05) is 29.2 Å². The molecule has 1 aromatic rings. The summed E-state index contributed by atoms with van der Waals surface area (Å²) in [6.07, 6.45) is 4.78. The first-order chi connectivity index (χ1) is 12.3. The van der Waals surface area contributed by atoms with Crippen LogP contribution in [-0.2, 0) is 4.74 Å². The average Bonchev–Trinajstić information content (AvgIpc) is 3.29. The third-order valence-electron chi connectivity index (χ3n) is 4.97. The second-order valence-electron chi connectivity index (χ2n) is 6.79. The van der Waals surface area contributed by atoms with Gasteiger partial charge in [0.05, 0.1) is 6.61 Å². The normalized spacial score (nSPS) is 20.8. The number of hydrogen-bond acceptors (Lipinski definition) is 4. The highest BCUT2D eigenvalue weighted by molar-refractivity contribution is 5.89. The molecule has 0 spiro atoms. The highest BCUT2D eigenvalue weighted by atomic mass is 16.5. The summed E-state index contributed by atoms with van der Waals surface area (Å²) in [6.45, 7) is 5.30. The van der Waals surface area contributed by atoms with Crippen molar-refractivity contribution in [3.63, 3.8) is 0 Å². The lowest BCUT2D eigenvalue weighted by molar-refractivity contribution is 0.146. The fraction of sp³-hybridized carbons (Fsp3) is 0.632. The minimum atomic E-state index is 0.00903. The predicted octanol–water partition coefficient (Wildman–Crippen LogP) is 2.80. The van der Waals surface area contributed by atoms with Crippen LogP contribution in [0.5, 0.6) is 5.75 Å². The maximum absolute atomic E-state index is 12.6. The lowest BCUT2D eigenvalue weighted by Crippen LogP contribution is -2.44. The second kappa shape index (κ2) is 9.06. The first-order valence-corrected chi connectivity index (χ1v) is 9.28. The van der Waals surface area contributed by atoms with E-state index in [2.05, 4.69) is 10.2 Å². The van der Waals surface area contributed by atoms with Crippen LogP contribution in [0, 0.1) is 0 Å². The fourth-order valence-corrected chi connectivity index (χ4v) is 3.63. The van der Waals surface area contributed by atoms with Crippen molar-refractivity contribution in [3.05, 3.63) is 24.3 Å². The average molecular weight is 347 g/mol. The number of hydrogen-bond donors (Lipinski definition) is 1. The van der Waals surface area contributed by atoms with E-state index < -0.39 is 0 Å². The number of carbonyl (C=O) groups is 1. The molecule has 6 heteroatoms. The summed E-state index contributed by atoms with van der Waals surface area (Å²) < 4.78 is 10.5. The number of nitrogens with zero attached hydrogens (tertiary/aromatic N) is 2. The Morgan fingerprint density at radius 2 is 1.88 bits per heavy atom. The number of anilines is 1. The number of carbonyl (C=O) groups excluding carboxylic acids is 1. The number of methoxy groups -OCH3 is 1. The van der Waals surface area contributed by atoms with Crippen molar-refractivity contribution >= 4 is 11.7 Å². The highest BCUT2D eigenvalue weighted by Gasteiger charge is 2.30. The SMILES string of the molecule is COCCOc1ccc(NC(=O)N2CCC[C@H]2CN2CCCC2)cc1. The van der Waals surface area contributed by atoms with Crippen molar-refractivity contribution < 1.29 is 14.3 Å². The molecule has 2 aliphatic rings. The van der Waals surface area contributed by atoms with Crippen molar-refractivity contribution in [3.8, 4) is 5.75 Å². The molecule has 25 heavy (non-hydrogen) atoms. The molecule has 1 atom stereocenters. The van der Waals surface area contributed by atoms with E-state index in [-0.39, 0.29) is 6.03 Å². The van der Waals surface area contributed by atoms with Crippen LogP contribution < -0.4 is 10.1 Å². The molecule has 2 saturated heterocycles. The minimum absolute atomic E-state index is 0.00903. The third kappa shape index (κ3) is 5.09. The molecule has 0 unspecified atom stereocenters. The van der Waals surface area contributed by atoms with Gasteiger partial charge >= 0.3 is 6.03 Å². The standard InChI is InChI=1S/C19H29N3O3/c1-24-13-14-25-18-8-6-16(7-9-18)20-19(23)22-12-4-5-17(22)15-21-10-2-3-11-21/h6-9,17H,2-5,10-15H2,1H3,(H,20,23)/t17-/m0/s1. The summed E-state index contributed by atoms with van der Waals surface area (Å²) in [5.41, 5.74) is 0.802. The molecular weight excluding hydrogens is 318 g/mol. The van der Waals surface area contributed by atoms with Crippen LogP contribution in [0.2, 0.25) is 0 Å².